The zero-order chi connectivity index (χ0) is 15.6. The number of aromatic nitrogens is 3. The summed E-state index contributed by atoms with van der Waals surface area (Å²) in [4.78, 5) is 19.6. The van der Waals surface area contributed by atoms with Gasteiger partial charge in [0.05, 0.1) is 14.7 Å². The van der Waals surface area contributed by atoms with Crippen molar-refractivity contribution in [3.63, 3.8) is 0 Å². The molecule has 8 heteroatoms. The van der Waals surface area contributed by atoms with Gasteiger partial charge in [0.2, 0.25) is 0 Å². The Hall–Kier alpha value is -0.513. The van der Waals surface area contributed by atoms with Crippen LogP contribution in [0.5, 0.6) is 0 Å². The number of ether oxygens (including phenoxy) is 1. The zero-order valence-corrected chi connectivity index (χ0v) is 16.1. The fourth-order valence-corrected chi connectivity index (χ4v) is 3.94. The van der Waals surface area contributed by atoms with Crippen molar-refractivity contribution < 1.29 is 9.53 Å². The van der Waals surface area contributed by atoms with E-state index in [0.717, 1.165) is 15.9 Å². The van der Waals surface area contributed by atoms with Crippen molar-refractivity contribution in [2.75, 3.05) is 6.61 Å². The molecule has 2 heterocycles. The van der Waals surface area contributed by atoms with Crippen LogP contribution in [0.4, 0.5) is 0 Å². The molecule has 0 aliphatic heterocycles. The van der Waals surface area contributed by atoms with E-state index in [1.807, 2.05) is 0 Å². The van der Waals surface area contributed by atoms with Crippen LogP contribution in [0.2, 0.25) is 30.8 Å². The normalized spacial score (nSPS) is 12.0. The first-order valence-corrected chi connectivity index (χ1v) is 11.7. The maximum Gasteiger partial charge on any atom is 0.167 e. The molecule has 0 fully saturated rings. The summed E-state index contributed by atoms with van der Waals surface area (Å²) in [5.74, 6) is 0. The Bertz CT molecular complexity index is 669. The lowest BCUT2D eigenvalue weighted by molar-refractivity contribution is 0.0858. The van der Waals surface area contributed by atoms with Gasteiger partial charge >= 0.3 is 0 Å². The molecule has 2 aromatic heterocycles. The van der Waals surface area contributed by atoms with Gasteiger partial charge in [0, 0.05) is 14.7 Å². The van der Waals surface area contributed by atoms with E-state index in [4.69, 9.17) is 16.3 Å². The molecular formula is C13H17ClIN3O2Si. The molecule has 0 saturated carbocycles. The highest BCUT2D eigenvalue weighted by Crippen LogP contribution is 2.29. The third kappa shape index (κ3) is 3.82. The molecule has 0 aliphatic carbocycles. The minimum absolute atomic E-state index is 0.297. The number of hydrogen-bond donors (Lipinski definition) is 0. The number of aldehydes is 1. The van der Waals surface area contributed by atoms with Crippen LogP contribution in [0.1, 0.15) is 10.5 Å². The molecule has 2 aromatic rings. The van der Waals surface area contributed by atoms with Gasteiger partial charge in [-0.25, -0.2) is 9.97 Å². The quantitative estimate of drug-likeness (QED) is 0.227. The highest BCUT2D eigenvalue weighted by atomic mass is 127. The maximum absolute atomic E-state index is 11.4. The number of hydrogen-bond acceptors (Lipinski definition) is 4. The van der Waals surface area contributed by atoms with Gasteiger partial charge in [-0.2, -0.15) is 0 Å². The molecule has 21 heavy (non-hydrogen) atoms. The highest BCUT2D eigenvalue weighted by molar-refractivity contribution is 14.1. The van der Waals surface area contributed by atoms with Crippen molar-refractivity contribution in [1.29, 1.82) is 0 Å². The van der Waals surface area contributed by atoms with Crippen molar-refractivity contribution in [2.45, 2.75) is 32.4 Å². The fraction of sp³-hybridized carbons (Fsp3) is 0.462. The average Bonchev–Trinajstić information content (AvgIpc) is 2.67. The van der Waals surface area contributed by atoms with Crippen LogP contribution >= 0.6 is 34.2 Å². The first kappa shape index (κ1) is 16.9. The Morgan fingerprint density at radius 3 is 2.76 bits per heavy atom. The second kappa shape index (κ2) is 6.72. The van der Waals surface area contributed by atoms with Gasteiger partial charge in [-0.1, -0.05) is 31.2 Å². The molecule has 0 aliphatic rings. The van der Waals surface area contributed by atoms with E-state index < -0.39 is 8.07 Å². The number of carbonyl (C=O) groups excluding carboxylic acids is 1. The highest BCUT2D eigenvalue weighted by Gasteiger charge is 2.19. The molecule has 0 N–H and O–H groups in total. The number of rotatable bonds is 6. The van der Waals surface area contributed by atoms with Crippen LogP contribution in [0.3, 0.4) is 0 Å². The molecule has 0 saturated heterocycles. The Morgan fingerprint density at radius 1 is 1.43 bits per heavy atom. The van der Waals surface area contributed by atoms with Crippen molar-refractivity contribution in [2.24, 2.45) is 0 Å². The number of nitrogens with zero attached hydrogens (tertiary/aromatic N) is 3. The van der Waals surface area contributed by atoms with Crippen molar-refractivity contribution >= 4 is 59.6 Å². The summed E-state index contributed by atoms with van der Waals surface area (Å²) in [6, 6.07) is 1.08. The van der Waals surface area contributed by atoms with Crippen molar-refractivity contribution in [3.8, 4) is 0 Å². The van der Waals surface area contributed by atoms with Gasteiger partial charge in [0.25, 0.3) is 0 Å². The second-order valence-corrected chi connectivity index (χ2v) is 13.0. The van der Waals surface area contributed by atoms with Crippen LogP contribution in [-0.2, 0) is 11.5 Å². The van der Waals surface area contributed by atoms with E-state index in [-0.39, 0.29) is 0 Å². The minimum Gasteiger partial charge on any atom is -0.361 e. The fourth-order valence-electron chi connectivity index (χ4n) is 1.89. The van der Waals surface area contributed by atoms with Crippen LogP contribution in [-0.4, -0.2) is 35.5 Å². The Labute approximate surface area is 143 Å². The largest absolute Gasteiger partial charge is 0.361 e. The lowest BCUT2D eigenvalue weighted by atomic mass is 10.4. The van der Waals surface area contributed by atoms with Crippen LogP contribution in [0.15, 0.2) is 6.33 Å². The third-order valence-corrected chi connectivity index (χ3v) is 6.18. The van der Waals surface area contributed by atoms with Crippen molar-refractivity contribution in [1.82, 2.24) is 14.5 Å². The van der Waals surface area contributed by atoms with E-state index in [0.29, 0.717) is 35.2 Å². The standard InChI is InChI=1S/C13H17ClIN3O2Si/c1-21(2,3)5-4-20-8-18-9(6-19)11(15)10-12(14)16-7-17-13(10)18/h6-7H,4-5,8H2,1-3H3. The molecule has 0 unspecified atom stereocenters. The molecule has 2 rings (SSSR count). The summed E-state index contributed by atoms with van der Waals surface area (Å²) in [5, 5.41) is 1.06. The van der Waals surface area contributed by atoms with Crippen LogP contribution in [0, 0.1) is 3.57 Å². The number of fused-ring (bicyclic) bond motifs is 1. The number of carbonyl (C=O) groups is 1. The van der Waals surface area contributed by atoms with Gasteiger partial charge in [-0.15, -0.1) is 0 Å². The van der Waals surface area contributed by atoms with E-state index in [1.54, 1.807) is 4.57 Å². The SMILES string of the molecule is C[Si](C)(C)CCOCn1c(C=O)c(I)c2c(Cl)ncnc21. The van der Waals surface area contributed by atoms with Gasteiger partial charge < -0.3 is 4.74 Å². The van der Waals surface area contributed by atoms with Crippen molar-refractivity contribution in [3.05, 3.63) is 20.7 Å². The molecule has 0 amide bonds. The summed E-state index contributed by atoms with van der Waals surface area (Å²) in [6.07, 6.45) is 2.20. The summed E-state index contributed by atoms with van der Waals surface area (Å²) >= 11 is 8.20. The van der Waals surface area contributed by atoms with Gasteiger partial charge in [-0.05, 0) is 28.6 Å². The molecule has 114 valence electrons. The topological polar surface area (TPSA) is 57.0 Å². The van der Waals surface area contributed by atoms with Crippen LogP contribution in [0.25, 0.3) is 11.0 Å². The molecule has 0 radical (unpaired) electrons. The Balaban J connectivity index is 2.27. The first-order valence-electron chi connectivity index (χ1n) is 6.56. The smallest absolute Gasteiger partial charge is 0.167 e. The maximum atomic E-state index is 11.4. The zero-order valence-electron chi connectivity index (χ0n) is 12.2. The molecule has 0 spiro atoms. The average molecular weight is 438 g/mol. The van der Waals surface area contributed by atoms with Gasteiger partial charge in [0.15, 0.2) is 6.29 Å². The van der Waals surface area contributed by atoms with Gasteiger partial charge in [0.1, 0.15) is 23.9 Å². The first-order chi connectivity index (χ1) is 9.85. The van der Waals surface area contributed by atoms with E-state index in [2.05, 4.69) is 52.2 Å². The predicted molar refractivity (Wildman–Crippen MR) is 94.7 cm³/mol. The molecular weight excluding hydrogens is 421 g/mol. The lowest BCUT2D eigenvalue weighted by Crippen LogP contribution is -2.22. The van der Waals surface area contributed by atoms with E-state index in [1.165, 1.54) is 6.33 Å². The Kier molecular flexibility index (Phi) is 5.39. The predicted octanol–water partition coefficient (Wildman–Crippen LogP) is 3.81. The molecule has 0 atom stereocenters. The van der Waals surface area contributed by atoms with Gasteiger partial charge in [-0.3, -0.25) is 9.36 Å². The second-order valence-electron chi connectivity index (χ2n) is 5.96. The third-order valence-electron chi connectivity index (χ3n) is 3.10. The summed E-state index contributed by atoms with van der Waals surface area (Å²) in [6.45, 7) is 7.88. The van der Waals surface area contributed by atoms with E-state index in [9.17, 15) is 4.79 Å². The summed E-state index contributed by atoms with van der Waals surface area (Å²) in [5.41, 5.74) is 1.16. The molecule has 5 nitrogen and oxygen atoms in total. The summed E-state index contributed by atoms with van der Waals surface area (Å²) < 4.78 is 8.24. The lowest BCUT2D eigenvalue weighted by Gasteiger charge is -2.16. The summed E-state index contributed by atoms with van der Waals surface area (Å²) in [7, 11) is -1.13. The minimum atomic E-state index is -1.13. The van der Waals surface area contributed by atoms with Crippen LogP contribution < -0.4 is 0 Å². The molecule has 0 bridgehead atoms. The number of halogens is 2. The monoisotopic (exact) mass is 437 g/mol. The Morgan fingerprint density at radius 2 is 2.14 bits per heavy atom. The van der Waals surface area contributed by atoms with E-state index >= 15 is 0 Å². The molecule has 0 aromatic carbocycles.